The molecule has 0 saturated heterocycles. The van der Waals surface area contributed by atoms with Crippen LogP contribution < -0.4 is 10.6 Å². The highest BCUT2D eigenvalue weighted by molar-refractivity contribution is 5.52. The first kappa shape index (κ1) is 14.4. The van der Waals surface area contributed by atoms with Gasteiger partial charge in [-0.1, -0.05) is 13.8 Å². The number of nitrogens with zero attached hydrogens (tertiary/aromatic N) is 3. The van der Waals surface area contributed by atoms with Gasteiger partial charge in [0.2, 0.25) is 0 Å². The Morgan fingerprint density at radius 1 is 1.25 bits per heavy atom. The molecule has 0 fully saturated rings. The van der Waals surface area contributed by atoms with Gasteiger partial charge in [0.25, 0.3) is 0 Å². The topological polar surface area (TPSA) is 54.8 Å². The van der Waals surface area contributed by atoms with Gasteiger partial charge in [0.05, 0.1) is 5.69 Å². The maximum Gasteiger partial charge on any atom is 0.127 e. The number of aromatic nitrogens is 3. The third-order valence-corrected chi connectivity index (χ3v) is 3.13. The first-order valence-electron chi connectivity index (χ1n) is 7.18. The summed E-state index contributed by atoms with van der Waals surface area (Å²) in [6, 6.07) is 4.02. The third kappa shape index (κ3) is 3.73. The summed E-state index contributed by atoms with van der Waals surface area (Å²) in [5.41, 5.74) is 3.47. The van der Waals surface area contributed by atoms with Crippen LogP contribution in [0.15, 0.2) is 24.5 Å². The summed E-state index contributed by atoms with van der Waals surface area (Å²) in [4.78, 5) is 4.30. The summed E-state index contributed by atoms with van der Waals surface area (Å²) in [5, 5.41) is 11.2. The van der Waals surface area contributed by atoms with E-state index in [-0.39, 0.29) is 0 Å². The Bertz CT molecular complexity index is 547. The van der Waals surface area contributed by atoms with Crippen LogP contribution in [0.2, 0.25) is 0 Å². The zero-order chi connectivity index (χ0) is 14.4. The lowest BCUT2D eigenvalue weighted by molar-refractivity contribution is 0.746. The van der Waals surface area contributed by atoms with Gasteiger partial charge >= 0.3 is 0 Å². The first-order valence-corrected chi connectivity index (χ1v) is 7.18. The molecule has 2 aromatic rings. The molecule has 2 heterocycles. The van der Waals surface area contributed by atoms with Gasteiger partial charge in [-0.25, -0.2) is 4.98 Å². The predicted octanol–water partition coefficient (Wildman–Crippen LogP) is 2.81. The van der Waals surface area contributed by atoms with E-state index in [0.29, 0.717) is 0 Å². The Kier molecular flexibility index (Phi) is 4.98. The normalized spacial score (nSPS) is 10.6. The molecular formula is C15H23N5. The van der Waals surface area contributed by atoms with Crippen LogP contribution in [0.3, 0.4) is 0 Å². The van der Waals surface area contributed by atoms with E-state index >= 15 is 0 Å². The number of rotatable bonds is 7. The largest absolute Gasteiger partial charge is 0.381 e. The lowest BCUT2D eigenvalue weighted by Crippen LogP contribution is -2.04. The number of pyridine rings is 1. The highest BCUT2D eigenvalue weighted by Crippen LogP contribution is 2.15. The van der Waals surface area contributed by atoms with Crippen molar-refractivity contribution < 1.29 is 0 Å². The number of anilines is 2. The van der Waals surface area contributed by atoms with E-state index in [1.54, 1.807) is 0 Å². The fourth-order valence-electron chi connectivity index (χ4n) is 2.12. The van der Waals surface area contributed by atoms with Gasteiger partial charge in [0.15, 0.2) is 0 Å². The summed E-state index contributed by atoms with van der Waals surface area (Å²) in [6.07, 6.45) is 5.94. The molecule has 2 aromatic heterocycles. The number of aryl methyl sites for hydroxylation is 2. The van der Waals surface area contributed by atoms with Gasteiger partial charge in [-0.05, 0) is 18.9 Å². The van der Waals surface area contributed by atoms with Crippen molar-refractivity contribution in [3.63, 3.8) is 0 Å². The van der Waals surface area contributed by atoms with Crippen LogP contribution in [0.4, 0.5) is 11.5 Å². The zero-order valence-electron chi connectivity index (χ0n) is 12.5. The second kappa shape index (κ2) is 6.93. The van der Waals surface area contributed by atoms with Crippen LogP contribution in [-0.2, 0) is 20.0 Å². The molecule has 0 unspecified atom stereocenters. The average Bonchev–Trinajstić information content (AvgIpc) is 2.83. The van der Waals surface area contributed by atoms with Crippen molar-refractivity contribution in [2.75, 3.05) is 17.2 Å². The van der Waals surface area contributed by atoms with Gasteiger partial charge in [0, 0.05) is 49.8 Å². The Morgan fingerprint density at radius 3 is 2.85 bits per heavy atom. The molecule has 0 aliphatic heterocycles. The molecule has 108 valence electrons. The molecule has 0 amide bonds. The van der Waals surface area contributed by atoms with Crippen LogP contribution >= 0.6 is 0 Å². The van der Waals surface area contributed by atoms with E-state index in [1.165, 1.54) is 5.56 Å². The van der Waals surface area contributed by atoms with Crippen molar-refractivity contribution in [2.24, 2.45) is 7.05 Å². The van der Waals surface area contributed by atoms with E-state index in [2.05, 4.69) is 40.8 Å². The molecule has 0 atom stereocenters. The highest BCUT2D eigenvalue weighted by Gasteiger charge is 2.05. The molecule has 5 nitrogen and oxygen atoms in total. The average molecular weight is 273 g/mol. The number of hydrogen-bond donors (Lipinski definition) is 2. The quantitative estimate of drug-likeness (QED) is 0.814. The minimum absolute atomic E-state index is 0.786. The van der Waals surface area contributed by atoms with Crippen molar-refractivity contribution in [1.82, 2.24) is 14.8 Å². The minimum atomic E-state index is 0.786. The van der Waals surface area contributed by atoms with E-state index in [4.69, 9.17) is 0 Å². The summed E-state index contributed by atoms with van der Waals surface area (Å²) < 4.78 is 1.87. The van der Waals surface area contributed by atoms with Crippen LogP contribution in [-0.4, -0.2) is 21.3 Å². The lowest BCUT2D eigenvalue weighted by Gasteiger charge is -2.08. The molecule has 0 saturated carbocycles. The van der Waals surface area contributed by atoms with Crippen LogP contribution in [0.1, 0.15) is 31.5 Å². The van der Waals surface area contributed by atoms with E-state index in [9.17, 15) is 0 Å². The Hall–Kier alpha value is -2.04. The minimum Gasteiger partial charge on any atom is -0.381 e. The molecule has 0 radical (unpaired) electrons. The van der Waals surface area contributed by atoms with Gasteiger partial charge < -0.3 is 10.6 Å². The summed E-state index contributed by atoms with van der Waals surface area (Å²) >= 11 is 0. The monoisotopic (exact) mass is 273 g/mol. The van der Waals surface area contributed by atoms with Gasteiger partial charge in [-0.2, -0.15) is 5.10 Å². The van der Waals surface area contributed by atoms with Gasteiger partial charge in [-0.3, -0.25) is 4.68 Å². The van der Waals surface area contributed by atoms with E-state index in [1.807, 2.05) is 30.1 Å². The molecule has 0 bridgehead atoms. The number of hydrogen-bond acceptors (Lipinski definition) is 4. The molecule has 2 N–H and O–H groups in total. The standard InChI is InChI=1S/C15H23N5/c1-4-7-16-15-9-13(6-8-17-15)18-10-12-11-20(3)19-14(12)5-2/h6,8-9,11H,4-5,7,10H2,1-3H3,(H2,16,17,18). The van der Waals surface area contributed by atoms with Gasteiger partial charge in [0.1, 0.15) is 5.82 Å². The Morgan fingerprint density at radius 2 is 2.10 bits per heavy atom. The van der Waals surface area contributed by atoms with Crippen molar-refractivity contribution in [1.29, 1.82) is 0 Å². The van der Waals surface area contributed by atoms with Crippen molar-refractivity contribution in [3.05, 3.63) is 35.8 Å². The molecule has 0 aromatic carbocycles. The second-order valence-corrected chi connectivity index (χ2v) is 4.84. The van der Waals surface area contributed by atoms with Gasteiger partial charge in [-0.15, -0.1) is 0 Å². The van der Waals surface area contributed by atoms with Crippen molar-refractivity contribution >= 4 is 11.5 Å². The molecular weight excluding hydrogens is 250 g/mol. The molecule has 5 heteroatoms. The molecule has 0 aliphatic carbocycles. The maximum absolute atomic E-state index is 4.45. The van der Waals surface area contributed by atoms with Crippen LogP contribution in [0.5, 0.6) is 0 Å². The second-order valence-electron chi connectivity index (χ2n) is 4.84. The summed E-state index contributed by atoms with van der Waals surface area (Å²) in [5.74, 6) is 0.916. The highest BCUT2D eigenvalue weighted by atomic mass is 15.3. The molecule has 20 heavy (non-hydrogen) atoms. The summed E-state index contributed by atoms with van der Waals surface area (Å²) in [6.45, 7) is 6.00. The Labute approximate surface area is 120 Å². The maximum atomic E-state index is 4.45. The summed E-state index contributed by atoms with van der Waals surface area (Å²) in [7, 11) is 1.96. The predicted molar refractivity (Wildman–Crippen MR) is 82.9 cm³/mol. The number of nitrogens with one attached hydrogen (secondary N) is 2. The van der Waals surface area contributed by atoms with E-state index < -0.39 is 0 Å². The zero-order valence-corrected chi connectivity index (χ0v) is 12.5. The fraction of sp³-hybridized carbons (Fsp3) is 0.467. The van der Waals surface area contributed by atoms with Crippen LogP contribution in [0.25, 0.3) is 0 Å². The molecule has 0 aliphatic rings. The van der Waals surface area contributed by atoms with Crippen molar-refractivity contribution in [3.8, 4) is 0 Å². The molecule has 0 spiro atoms. The molecule has 2 rings (SSSR count). The lowest BCUT2D eigenvalue weighted by atomic mass is 10.2. The van der Waals surface area contributed by atoms with Crippen LogP contribution in [0, 0.1) is 0 Å². The Balaban J connectivity index is 1.99. The third-order valence-electron chi connectivity index (χ3n) is 3.13. The fourth-order valence-corrected chi connectivity index (χ4v) is 2.12. The SMILES string of the molecule is CCCNc1cc(NCc2cn(C)nc2CC)ccn1. The van der Waals surface area contributed by atoms with Crippen molar-refractivity contribution in [2.45, 2.75) is 33.2 Å². The smallest absolute Gasteiger partial charge is 0.127 e. The first-order chi connectivity index (χ1) is 9.72. The van der Waals surface area contributed by atoms with E-state index in [0.717, 1.165) is 43.1 Å².